The highest BCUT2D eigenvalue weighted by Gasteiger charge is 2.41. The minimum atomic E-state index is -0.478. The van der Waals surface area contributed by atoms with Crippen LogP contribution in [0.2, 0.25) is 10.0 Å². The molecule has 3 heterocycles. The third-order valence-corrected chi connectivity index (χ3v) is 5.15. The SMILES string of the molecule is Fc1cc(-c2cnc(C3CC4CCC3N4)[nH]2)c(Cl)cc1Cl. The molecule has 21 heavy (non-hydrogen) atoms. The number of hydrogen-bond acceptors (Lipinski definition) is 2. The molecule has 0 spiro atoms. The lowest BCUT2D eigenvalue weighted by Crippen LogP contribution is -2.22. The molecule has 2 aliphatic heterocycles. The molecule has 0 amide bonds. The molecular weight excluding hydrogens is 312 g/mol. The van der Waals surface area contributed by atoms with Crippen molar-refractivity contribution < 1.29 is 4.39 Å². The molecular formula is C15H14Cl2FN3. The maximum absolute atomic E-state index is 13.6. The number of H-pyrrole nitrogens is 1. The molecule has 3 unspecified atom stereocenters. The molecule has 0 saturated carbocycles. The van der Waals surface area contributed by atoms with Crippen LogP contribution in [-0.2, 0) is 0 Å². The Kier molecular flexibility index (Phi) is 3.21. The Morgan fingerprint density at radius 2 is 2.05 bits per heavy atom. The molecule has 3 atom stereocenters. The summed E-state index contributed by atoms with van der Waals surface area (Å²) in [5.41, 5.74) is 1.32. The van der Waals surface area contributed by atoms with Crippen LogP contribution in [-0.4, -0.2) is 22.1 Å². The van der Waals surface area contributed by atoms with Crippen molar-refractivity contribution in [2.45, 2.75) is 37.3 Å². The number of aromatic amines is 1. The van der Waals surface area contributed by atoms with Crippen molar-refractivity contribution in [2.75, 3.05) is 0 Å². The first-order valence-corrected chi connectivity index (χ1v) is 7.83. The maximum Gasteiger partial charge on any atom is 0.142 e. The standard InChI is InChI=1S/C15H14Cl2FN3/c16-10-5-11(17)12(18)4-8(10)14-6-19-15(21-14)9-3-7-1-2-13(9)20-7/h4-7,9,13,20H,1-3H2,(H,19,21). The van der Waals surface area contributed by atoms with E-state index in [4.69, 9.17) is 23.2 Å². The molecule has 2 aromatic rings. The van der Waals surface area contributed by atoms with Gasteiger partial charge in [-0.05, 0) is 31.4 Å². The Balaban J connectivity index is 1.67. The number of benzene rings is 1. The van der Waals surface area contributed by atoms with E-state index in [1.807, 2.05) is 0 Å². The maximum atomic E-state index is 13.6. The summed E-state index contributed by atoms with van der Waals surface area (Å²) in [6.07, 6.45) is 5.28. The average Bonchev–Trinajstić information content (AvgIpc) is 3.17. The molecule has 2 fully saturated rings. The Labute approximate surface area is 131 Å². The second-order valence-electron chi connectivity index (χ2n) is 5.82. The molecule has 2 aliphatic rings. The number of halogens is 3. The van der Waals surface area contributed by atoms with Gasteiger partial charge in [0.1, 0.15) is 11.6 Å². The van der Waals surface area contributed by atoms with Crippen LogP contribution in [0.4, 0.5) is 4.39 Å². The van der Waals surface area contributed by atoms with Crippen molar-refractivity contribution >= 4 is 23.2 Å². The summed E-state index contributed by atoms with van der Waals surface area (Å²) < 4.78 is 13.6. The van der Waals surface area contributed by atoms with E-state index < -0.39 is 5.82 Å². The molecule has 0 aliphatic carbocycles. The summed E-state index contributed by atoms with van der Waals surface area (Å²) in [5.74, 6) is 0.887. The summed E-state index contributed by atoms with van der Waals surface area (Å²) in [6.45, 7) is 0. The largest absolute Gasteiger partial charge is 0.342 e. The quantitative estimate of drug-likeness (QED) is 0.815. The van der Waals surface area contributed by atoms with Crippen LogP contribution in [0.1, 0.15) is 31.0 Å². The van der Waals surface area contributed by atoms with Crippen molar-refractivity contribution in [3.8, 4) is 11.3 Å². The molecule has 6 heteroatoms. The highest BCUT2D eigenvalue weighted by Crippen LogP contribution is 2.40. The number of hydrogen-bond donors (Lipinski definition) is 2. The Hall–Kier alpha value is -1.10. The molecule has 2 saturated heterocycles. The summed E-state index contributed by atoms with van der Waals surface area (Å²) in [7, 11) is 0. The minimum absolute atomic E-state index is 0.0285. The van der Waals surface area contributed by atoms with Gasteiger partial charge in [0, 0.05) is 23.6 Å². The smallest absolute Gasteiger partial charge is 0.142 e. The number of aromatic nitrogens is 2. The zero-order valence-electron chi connectivity index (χ0n) is 11.2. The number of nitrogens with zero attached hydrogens (tertiary/aromatic N) is 1. The molecule has 1 aromatic heterocycles. The number of nitrogens with one attached hydrogen (secondary N) is 2. The number of imidazole rings is 1. The predicted molar refractivity (Wildman–Crippen MR) is 81.3 cm³/mol. The zero-order chi connectivity index (χ0) is 14.6. The van der Waals surface area contributed by atoms with Gasteiger partial charge in [-0.15, -0.1) is 0 Å². The Morgan fingerprint density at radius 1 is 1.19 bits per heavy atom. The van der Waals surface area contributed by atoms with Crippen molar-refractivity contribution in [1.82, 2.24) is 15.3 Å². The van der Waals surface area contributed by atoms with Crippen LogP contribution in [0.5, 0.6) is 0 Å². The van der Waals surface area contributed by atoms with Crippen LogP contribution in [0, 0.1) is 5.82 Å². The summed E-state index contributed by atoms with van der Waals surface area (Å²) in [5, 5.41) is 4.04. The fourth-order valence-electron chi connectivity index (χ4n) is 3.52. The first-order chi connectivity index (χ1) is 10.1. The number of rotatable bonds is 2. The lowest BCUT2D eigenvalue weighted by atomic mass is 9.89. The molecule has 1 aromatic carbocycles. The van der Waals surface area contributed by atoms with Gasteiger partial charge in [-0.3, -0.25) is 0 Å². The van der Waals surface area contributed by atoms with E-state index in [0.29, 0.717) is 28.6 Å². The van der Waals surface area contributed by atoms with E-state index in [1.54, 1.807) is 6.20 Å². The van der Waals surface area contributed by atoms with E-state index >= 15 is 0 Å². The van der Waals surface area contributed by atoms with Gasteiger partial charge in [-0.1, -0.05) is 23.2 Å². The van der Waals surface area contributed by atoms with Crippen LogP contribution in [0.3, 0.4) is 0 Å². The topological polar surface area (TPSA) is 40.7 Å². The van der Waals surface area contributed by atoms with E-state index in [9.17, 15) is 4.39 Å². The van der Waals surface area contributed by atoms with E-state index in [2.05, 4.69) is 15.3 Å². The third kappa shape index (κ3) is 2.26. The highest BCUT2D eigenvalue weighted by atomic mass is 35.5. The van der Waals surface area contributed by atoms with Crippen LogP contribution in [0.25, 0.3) is 11.3 Å². The normalized spacial score (nSPS) is 27.5. The molecule has 110 valence electrons. The predicted octanol–water partition coefficient (Wildman–Crippen LogP) is 4.13. The molecule has 0 radical (unpaired) electrons. The monoisotopic (exact) mass is 325 g/mol. The fourth-order valence-corrected chi connectivity index (χ4v) is 4.00. The Morgan fingerprint density at radius 3 is 2.76 bits per heavy atom. The molecule has 2 bridgehead atoms. The second-order valence-corrected chi connectivity index (χ2v) is 6.63. The van der Waals surface area contributed by atoms with Crippen LogP contribution in [0.15, 0.2) is 18.3 Å². The van der Waals surface area contributed by atoms with Crippen molar-refractivity contribution in [1.29, 1.82) is 0 Å². The van der Waals surface area contributed by atoms with Crippen molar-refractivity contribution in [3.63, 3.8) is 0 Å². The van der Waals surface area contributed by atoms with E-state index in [-0.39, 0.29) is 5.02 Å². The average molecular weight is 326 g/mol. The van der Waals surface area contributed by atoms with Gasteiger partial charge >= 0.3 is 0 Å². The molecule has 3 nitrogen and oxygen atoms in total. The van der Waals surface area contributed by atoms with Gasteiger partial charge in [0.15, 0.2) is 0 Å². The fraction of sp³-hybridized carbons (Fsp3) is 0.400. The summed E-state index contributed by atoms with van der Waals surface area (Å²) in [4.78, 5) is 7.78. The Bertz CT molecular complexity index is 700. The first-order valence-electron chi connectivity index (χ1n) is 7.07. The van der Waals surface area contributed by atoms with Crippen LogP contribution < -0.4 is 5.32 Å². The molecule has 2 N–H and O–H groups in total. The van der Waals surface area contributed by atoms with Gasteiger partial charge in [0.2, 0.25) is 0 Å². The molecule has 4 rings (SSSR count). The zero-order valence-corrected chi connectivity index (χ0v) is 12.7. The van der Waals surface area contributed by atoms with Gasteiger partial charge in [-0.2, -0.15) is 0 Å². The second kappa shape index (κ2) is 4.97. The third-order valence-electron chi connectivity index (χ3n) is 4.55. The van der Waals surface area contributed by atoms with Crippen LogP contribution >= 0.6 is 23.2 Å². The van der Waals surface area contributed by atoms with E-state index in [1.165, 1.54) is 25.0 Å². The first kappa shape index (κ1) is 13.6. The summed E-state index contributed by atoms with van der Waals surface area (Å²) >= 11 is 11.9. The van der Waals surface area contributed by atoms with E-state index in [0.717, 1.165) is 17.9 Å². The lowest BCUT2D eigenvalue weighted by Gasteiger charge is -2.17. The highest BCUT2D eigenvalue weighted by molar-refractivity contribution is 6.36. The summed E-state index contributed by atoms with van der Waals surface area (Å²) in [6, 6.07) is 3.89. The van der Waals surface area contributed by atoms with Gasteiger partial charge in [-0.25, -0.2) is 9.37 Å². The van der Waals surface area contributed by atoms with Crippen molar-refractivity contribution in [2.24, 2.45) is 0 Å². The van der Waals surface area contributed by atoms with Gasteiger partial charge < -0.3 is 10.3 Å². The van der Waals surface area contributed by atoms with Gasteiger partial charge in [0.25, 0.3) is 0 Å². The van der Waals surface area contributed by atoms with Crippen molar-refractivity contribution in [3.05, 3.63) is 40.0 Å². The number of fused-ring (bicyclic) bond motifs is 2. The van der Waals surface area contributed by atoms with Gasteiger partial charge in [0.05, 0.1) is 21.9 Å². The minimum Gasteiger partial charge on any atom is -0.342 e. The lowest BCUT2D eigenvalue weighted by molar-refractivity contribution is 0.490.